The lowest BCUT2D eigenvalue weighted by molar-refractivity contribution is 0.0886. The maximum absolute atomic E-state index is 11.9. The van der Waals surface area contributed by atoms with Gasteiger partial charge in [0.15, 0.2) is 0 Å². The van der Waals surface area contributed by atoms with Crippen LogP contribution in [0.1, 0.15) is 51.1 Å². The minimum absolute atomic E-state index is 0.0973. The number of hydrogen-bond donors (Lipinski definition) is 3. The van der Waals surface area contributed by atoms with Crippen molar-refractivity contribution in [1.29, 1.82) is 0 Å². The van der Waals surface area contributed by atoms with Crippen LogP contribution in [0.15, 0.2) is 0 Å². The van der Waals surface area contributed by atoms with Crippen LogP contribution in [0.4, 0.5) is 0 Å². The highest BCUT2D eigenvalue weighted by Gasteiger charge is 2.23. The Morgan fingerprint density at radius 1 is 1.44 bits per heavy atom. The van der Waals surface area contributed by atoms with Crippen molar-refractivity contribution < 1.29 is 9.90 Å². The summed E-state index contributed by atoms with van der Waals surface area (Å²) in [6, 6.07) is -0.283. The quantitative estimate of drug-likeness (QED) is 0.743. The molecule has 0 saturated carbocycles. The van der Waals surface area contributed by atoms with E-state index < -0.39 is 0 Å². The second-order valence-electron chi connectivity index (χ2n) is 5.76. The van der Waals surface area contributed by atoms with E-state index in [0.717, 1.165) is 0 Å². The number of carbonyl (C=O) groups excluding carboxylic acids is 1. The fourth-order valence-corrected chi connectivity index (χ4v) is 1.35. The zero-order chi connectivity index (χ0) is 13.9. The molecule has 0 aliphatic heterocycles. The third-order valence-electron chi connectivity index (χ3n) is 2.72. The number of nitrogens with one attached hydrogen (secondary N) is 2. The van der Waals surface area contributed by atoms with E-state index in [2.05, 4.69) is 20.5 Å². The van der Waals surface area contributed by atoms with Gasteiger partial charge in [-0.15, -0.1) is 5.10 Å². The lowest BCUT2D eigenvalue weighted by atomic mass is 9.96. The van der Waals surface area contributed by atoms with Crippen molar-refractivity contribution in [3.05, 3.63) is 11.6 Å². The Labute approximate surface area is 107 Å². The van der Waals surface area contributed by atoms with E-state index in [1.165, 1.54) is 0 Å². The molecule has 18 heavy (non-hydrogen) atoms. The molecule has 1 rings (SSSR count). The van der Waals surface area contributed by atoms with Crippen LogP contribution < -0.4 is 5.32 Å². The molecule has 0 aromatic carbocycles. The number of aliphatic hydroxyl groups is 1. The summed E-state index contributed by atoms with van der Waals surface area (Å²) < 4.78 is 0. The SMILES string of the molecule is CC(C)C(CO)NC(=O)c1n[nH]c(C(C)(C)C)n1. The van der Waals surface area contributed by atoms with Crippen molar-refractivity contribution in [2.45, 2.75) is 46.1 Å². The number of nitrogens with zero attached hydrogens (tertiary/aromatic N) is 2. The molecule has 0 radical (unpaired) electrons. The molecular formula is C12H22N4O2. The molecule has 6 heteroatoms. The first-order valence-electron chi connectivity index (χ1n) is 6.10. The van der Waals surface area contributed by atoms with Gasteiger partial charge >= 0.3 is 0 Å². The normalized spacial score (nSPS) is 13.7. The Balaban J connectivity index is 2.76. The van der Waals surface area contributed by atoms with Crippen molar-refractivity contribution >= 4 is 5.91 Å². The molecule has 102 valence electrons. The van der Waals surface area contributed by atoms with Crippen LogP contribution in [0.2, 0.25) is 0 Å². The minimum atomic E-state index is -0.366. The molecule has 1 atom stereocenters. The first-order chi connectivity index (χ1) is 8.25. The smallest absolute Gasteiger partial charge is 0.291 e. The van der Waals surface area contributed by atoms with E-state index in [0.29, 0.717) is 5.82 Å². The van der Waals surface area contributed by atoms with Gasteiger partial charge in [-0.1, -0.05) is 34.6 Å². The Kier molecular flexibility index (Phi) is 4.45. The van der Waals surface area contributed by atoms with E-state index in [9.17, 15) is 4.79 Å². The molecule has 0 aliphatic rings. The number of carbonyl (C=O) groups is 1. The number of aliphatic hydroxyl groups excluding tert-OH is 1. The molecule has 3 N–H and O–H groups in total. The summed E-state index contributed by atoms with van der Waals surface area (Å²) >= 11 is 0. The van der Waals surface area contributed by atoms with E-state index in [1.54, 1.807) is 0 Å². The Hall–Kier alpha value is -1.43. The molecule has 0 spiro atoms. The van der Waals surface area contributed by atoms with Gasteiger partial charge in [0, 0.05) is 5.41 Å². The molecule has 0 aliphatic carbocycles. The number of aromatic amines is 1. The van der Waals surface area contributed by atoms with Gasteiger partial charge in [0.25, 0.3) is 5.91 Å². The van der Waals surface area contributed by atoms with Gasteiger partial charge in [-0.25, -0.2) is 4.98 Å². The van der Waals surface area contributed by atoms with Crippen LogP contribution in [-0.4, -0.2) is 38.8 Å². The molecule has 0 fully saturated rings. The number of hydrogen-bond acceptors (Lipinski definition) is 4. The summed E-state index contributed by atoms with van der Waals surface area (Å²) in [5, 5.41) is 18.5. The number of rotatable bonds is 4. The molecule has 1 heterocycles. The van der Waals surface area contributed by atoms with Gasteiger partial charge in [-0.3, -0.25) is 9.89 Å². The van der Waals surface area contributed by atoms with Gasteiger partial charge in [0.2, 0.25) is 5.82 Å². The van der Waals surface area contributed by atoms with Crippen molar-refractivity contribution in [3.8, 4) is 0 Å². The third-order valence-corrected chi connectivity index (χ3v) is 2.72. The molecule has 1 aromatic rings. The molecule has 1 aromatic heterocycles. The summed E-state index contributed by atoms with van der Waals surface area (Å²) in [7, 11) is 0. The zero-order valence-corrected chi connectivity index (χ0v) is 11.6. The number of amides is 1. The van der Waals surface area contributed by atoms with E-state index in [-0.39, 0.29) is 35.7 Å². The van der Waals surface area contributed by atoms with Gasteiger partial charge in [-0.05, 0) is 5.92 Å². The lowest BCUT2D eigenvalue weighted by Gasteiger charge is -2.18. The first kappa shape index (κ1) is 14.6. The highest BCUT2D eigenvalue weighted by Crippen LogP contribution is 2.17. The second-order valence-corrected chi connectivity index (χ2v) is 5.76. The summed E-state index contributed by atoms with van der Waals surface area (Å²) in [4.78, 5) is 16.1. The van der Waals surface area contributed by atoms with Crippen LogP contribution in [0, 0.1) is 5.92 Å². The monoisotopic (exact) mass is 254 g/mol. The predicted molar refractivity (Wildman–Crippen MR) is 68.3 cm³/mol. The fraction of sp³-hybridized carbons (Fsp3) is 0.750. The van der Waals surface area contributed by atoms with Gasteiger partial charge < -0.3 is 10.4 Å². The number of aromatic nitrogens is 3. The fourth-order valence-electron chi connectivity index (χ4n) is 1.35. The maximum Gasteiger partial charge on any atom is 0.291 e. The molecular weight excluding hydrogens is 232 g/mol. The van der Waals surface area contributed by atoms with E-state index in [1.807, 2.05) is 34.6 Å². The Morgan fingerprint density at radius 3 is 2.44 bits per heavy atom. The zero-order valence-electron chi connectivity index (χ0n) is 11.6. The van der Waals surface area contributed by atoms with Crippen LogP contribution >= 0.6 is 0 Å². The predicted octanol–water partition coefficient (Wildman–Crippen LogP) is 0.849. The maximum atomic E-state index is 11.9. The average molecular weight is 254 g/mol. The Bertz CT molecular complexity index is 406. The third kappa shape index (κ3) is 3.53. The lowest BCUT2D eigenvalue weighted by Crippen LogP contribution is -2.41. The molecule has 6 nitrogen and oxygen atoms in total. The van der Waals surface area contributed by atoms with Crippen LogP contribution in [0.3, 0.4) is 0 Å². The summed E-state index contributed by atoms with van der Waals surface area (Å²) in [6.07, 6.45) is 0. The molecule has 0 bridgehead atoms. The van der Waals surface area contributed by atoms with Crippen LogP contribution in [-0.2, 0) is 5.41 Å². The van der Waals surface area contributed by atoms with Crippen molar-refractivity contribution in [3.63, 3.8) is 0 Å². The van der Waals surface area contributed by atoms with Gasteiger partial charge in [-0.2, -0.15) is 0 Å². The summed E-state index contributed by atoms with van der Waals surface area (Å²) in [5.74, 6) is 0.561. The number of H-pyrrole nitrogens is 1. The first-order valence-corrected chi connectivity index (χ1v) is 6.10. The van der Waals surface area contributed by atoms with E-state index in [4.69, 9.17) is 5.11 Å². The van der Waals surface area contributed by atoms with Crippen molar-refractivity contribution in [1.82, 2.24) is 20.5 Å². The Morgan fingerprint density at radius 2 is 2.06 bits per heavy atom. The molecule has 1 amide bonds. The minimum Gasteiger partial charge on any atom is -0.394 e. The highest BCUT2D eigenvalue weighted by atomic mass is 16.3. The van der Waals surface area contributed by atoms with Crippen LogP contribution in [0.25, 0.3) is 0 Å². The summed E-state index contributed by atoms with van der Waals surface area (Å²) in [5.41, 5.74) is -0.181. The topological polar surface area (TPSA) is 90.9 Å². The van der Waals surface area contributed by atoms with Gasteiger partial charge in [0.05, 0.1) is 12.6 Å². The highest BCUT2D eigenvalue weighted by molar-refractivity contribution is 5.90. The standard InChI is InChI=1S/C12H22N4O2/c1-7(2)8(6-17)13-10(18)9-14-11(16-15-9)12(3,4)5/h7-8,17H,6H2,1-5H3,(H,13,18)(H,14,15,16). The average Bonchev–Trinajstić information content (AvgIpc) is 2.73. The van der Waals surface area contributed by atoms with Crippen molar-refractivity contribution in [2.24, 2.45) is 5.92 Å². The largest absolute Gasteiger partial charge is 0.394 e. The molecule has 0 saturated heterocycles. The second kappa shape index (κ2) is 5.48. The van der Waals surface area contributed by atoms with Crippen LogP contribution in [0.5, 0.6) is 0 Å². The summed E-state index contributed by atoms with van der Waals surface area (Å²) in [6.45, 7) is 9.72. The van der Waals surface area contributed by atoms with Crippen molar-refractivity contribution in [2.75, 3.05) is 6.61 Å². The van der Waals surface area contributed by atoms with E-state index >= 15 is 0 Å². The van der Waals surface area contributed by atoms with Gasteiger partial charge in [0.1, 0.15) is 5.82 Å². The molecule has 1 unspecified atom stereocenters.